The molecule has 0 spiro atoms. The average Bonchev–Trinajstić information content (AvgIpc) is 3.15. The molecule has 0 aliphatic rings. The fraction of sp³-hybridized carbons (Fsp3) is 0.200. The van der Waals surface area contributed by atoms with Crippen LogP contribution in [0.25, 0.3) is 11.4 Å². The first-order valence-electron chi connectivity index (χ1n) is 17.0. The Hall–Kier alpha value is -5.56. The number of hydrogen-bond donors (Lipinski definition) is 1. The number of halogens is 10. The van der Waals surface area contributed by atoms with Gasteiger partial charge in [-0.2, -0.15) is 45.9 Å². The highest BCUT2D eigenvalue weighted by molar-refractivity contribution is 9.10. The first kappa shape index (κ1) is 47.8. The zero-order chi connectivity index (χ0) is 44.1. The number of para-hydroxylation sites is 1. The molecule has 0 radical (unpaired) electrons. The molecule has 0 saturated heterocycles. The average molecular weight is 963 g/mol. The summed E-state index contributed by atoms with van der Waals surface area (Å²) in [7, 11) is 0. The van der Waals surface area contributed by atoms with E-state index in [4.69, 9.17) is 9.47 Å². The number of aromatic hydroxyl groups is 1. The summed E-state index contributed by atoms with van der Waals surface area (Å²) in [5.41, 5.74) is -5.46. The smallest absolute Gasteiger partial charge is 0.418 e. The molecule has 0 aliphatic carbocycles. The van der Waals surface area contributed by atoms with Crippen LogP contribution in [-0.4, -0.2) is 36.9 Å². The summed E-state index contributed by atoms with van der Waals surface area (Å²) in [4.78, 5) is 23.4. The third-order valence-electron chi connectivity index (χ3n) is 6.87. The van der Waals surface area contributed by atoms with Gasteiger partial charge in [-0.25, -0.2) is 8.78 Å². The maximum Gasteiger partial charge on any atom is 0.418 e. The highest BCUT2D eigenvalue weighted by Gasteiger charge is 2.33. The van der Waals surface area contributed by atoms with Crippen molar-refractivity contribution in [2.75, 3.05) is 0 Å². The number of aromatic nitrogens is 4. The maximum absolute atomic E-state index is 14.1. The maximum atomic E-state index is 14.1. The van der Waals surface area contributed by atoms with E-state index in [0.717, 1.165) is 23.9 Å². The Morgan fingerprint density at radius 2 is 0.983 bits per heavy atom. The van der Waals surface area contributed by atoms with Crippen LogP contribution in [0.15, 0.2) is 134 Å². The lowest BCUT2D eigenvalue weighted by molar-refractivity contribution is -0.138. The minimum Gasteiger partial charge on any atom is -0.507 e. The van der Waals surface area contributed by atoms with Crippen molar-refractivity contribution in [3.8, 4) is 28.6 Å². The predicted molar refractivity (Wildman–Crippen MR) is 211 cm³/mol. The van der Waals surface area contributed by atoms with Crippen molar-refractivity contribution in [2.45, 2.75) is 52.3 Å². The highest BCUT2D eigenvalue weighted by Crippen LogP contribution is 2.32. The minimum absolute atomic E-state index is 0.0405. The van der Waals surface area contributed by atoms with Crippen molar-refractivity contribution in [1.29, 1.82) is 0 Å². The van der Waals surface area contributed by atoms with Crippen molar-refractivity contribution < 1.29 is 49.7 Å². The van der Waals surface area contributed by atoms with Gasteiger partial charge in [0.1, 0.15) is 40.3 Å². The Labute approximate surface area is 348 Å². The van der Waals surface area contributed by atoms with E-state index in [1.807, 2.05) is 80.6 Å². The summed E-state index contributed by atoms with van der Waals surface area (Å²) in [5, 5.41) is 16.1. The largest absolute Gasteiger partial charge is 0.507 e. The van der Waals surface area contributed by atoms with Gasteiger partial charge in [-0.3, -0.25) is 9.59 Å². The number of nitrogens with zero attached hydrogens (tertiary/aromatic N) is 4. The Morgan fingerprint density at radius 3 is 1.37 bits per heavy atom. The van der Waals surface area contributed by atoms with Gasteiger partial charge in [0.25, 0.3) is 11.1 Å². The number of phenols is 1. The number of hydrogen-bond acceptors (Lipinski definition) is 7. The van der Waals surface area contributed by atoms with Crippen LogP contribution in [0.1, 0.15) is 38.8 Å². The van der Waals surface area contributed by atoms with Crippen LogP contribution in [-0.2, 0) is 12.4 Å². The van der Waals surface area contributed by atoms with Gasteiger partial charge in [0.2, 0.25) is 0 Å². The van der Waals surface area contributed by atoms with Crippen LogP contribution < -0.4 is 20.6 Å². The second-order valence-electron chi connectivity index (χ2n) is 12.3. The fourth-order valence-electron chi connectivity index (χ4n) is 4.36. The molecule has 6 rings (SSSR count). The van der Waals surface area contributed by atoms with Crippen molar-refractivity contribution in [3.05, 3.63) is 168 Å². The van der Waals surface area contributed by atoms with Crippen LogP contribution >= 0.6 is 31.9 Å². The van der Waals surface area contributed by atoms with Gasteiger partial charge in [0, 0.05) is 24.3 Å². The third kappa shape index (κ3) is 15.0. The zero-order valence-electron chi connectivity index (χ0n) is 31.3. The zero-order valence-corrected chi connectivity index (χ0v) is 34.4. The molecule has 1 N–H and O–H groups in total. The topological polar surface area (TPSA) is 108 Å². The normalized spacial score (nSPS) is 11.1. The number of ether oxygens (including phenoxy) is 2. The SMILES string of the molecule is CC(C)Oc1cc(-n2ncc(C(F)(F)F)cc2=O)c(F)cc1Br.CC(C)Oc1ccccc1.O=c1cc(C(F)(F)F)cnn1-c1cc(O)c(Br)cc1F.c1ccccc1. The lowest BCUT2D eigenvalue weighted by atomic mass is 10.2. The molecule has 0 fully saturated rings. The van der Waals surface area contributed by atoms with Crippen molar-refractivity contribution in [1.82, 2.24) is 19.6 Å². The van der Waals surface area contributed by atoms with Crippen molar-refractivity contribution in [3.63, 3.8) is 0 Å². The standard InChI is InChI=1S/C14H11BrF4N2O2.C11H5BrF4N2O2.C9H12O.C6H6/c1-7(2)23-12-5-11(10(16)4-9(12)15)21-13(22)3-8(6-20-21)14(17,18)19;12-6-2-7(13)8(3-9(6)19)18-10(20)1-5(4-17-18)11(14,15)16;1-8(2)10-9-6-4-3-5-7-9;1-2-4-6-5-3-1/h3-7H,1-2H3;1-4,19H;3-8H,1-2H3;1-6H. The minimum atomic E-state index is -4.72. The van der Waals surface area contributed by atoms with Crippen molar-refractivity contribution >= 4 is 31.9 Å². The molecule has 6 aromatic rings. The Bertz CT molecular complexity index is 2370. The molecular weight excluding hydrogens is 928 g/mol. The molecule has 9 nitrogen and oxygen atoms in total. The molecule has 19 heteroatoms. The van der Waals surface area contributed by atoms with E-state index in [0.29, 0.717) is 38.4 Å². The van der Waals surface area contributed by atoms with Crippen LogP contribution in [0.3, 0.4) is 0 Å². The molecule has 0 aliphatic heterocycles. The second kappa shape index (κ2) is 21.4. The number of phenolic OH excluding ortho intramolecular Hbond substituents is 1. The predicted octanol–water partition coefficient (Wildman–Crippen LogP) is 11.0. The van der Waals surface area contributed by atoms with E-state index < -0.39 is 51.9 Å². The third-order valence-corrected chi connectivity index (χ3v) is 8.13. The first-order valence-corrected chi connectivity index (χ1v) is 18.6. The van der Waals surface area contributed by atoms with Gasteiger partial charge in [-0.1, -0.05) is 54.6 Å². The highest BCUT2D eigenvalue weighted by atomic mass is 79.9. The summed E-state index contributed by atoms with van der Waals surface area (Å²) in [5.74, 6) is -0.955. The first-order chi connectivity index (χ1) is 27.6. The van der Waals surface area contributed by atoms with Gasteiger partial charge in [-0.15, -0.1) is 0 Å². The number of rotatable bonds is 6. The van der Waals surface area contributed by atoms with E-state index in [-0.39, 0.29) is 33.9 Å². The molecule has 0 amide bonds. The summed E-state index contributed by atoms with van der Waals surface area (Å²) in [6, 6.07) is 26.5. The van der Waals surface area contributed by atoms with Gasteiger partial charge < -0.3 is 14.6 Å². The molecule has 0 atom stereocenters. The molecule has 59 heavy (non-hydrogen) atoms. The Morgan fingerprint density at radius 1 is 0.593 bits per heavy atom. The molecule has 0 bridgehead atoms. The molecular formula is C40H34Br2F8N4O5. The molecule has 0 unspecified atom stereocenters. The summed E-state index contributed by atoms with van der Waals surface area (Å²) in [6.45, 7) is 7.54. The Kier molecular flexibility index (Phi) is 17.4. The van der Waals surface area contributed by atoms with Crippen LogP contribution in [0.4, 0.5) is 35.1 Å². The Balaban J connectivity index is 0.000000232. The lowest BCUT2D eigenvalue weighted by Gasteiger charge is -2.14. The van der Waals surface area contributed by atoms with Crippen molar-refractivity contribution in [2.24, 2.45) is 0 Å². The van der Waals surface area contributed by atoms with Crippen LogP contribution in [0.2, 0.25) is 0 Å². The molecule has 2 heterocycles. The van der Waals surface area contributed by atoms with Gasteiger partial charge in [-0.05, 0) is 83.8 Å². The fourth-order valence-corrected chi connectivity index (χ4v) is 5.08. The lowest BCUT2D eigenvalue weighted by Crippen LogP contribution is -2.24. The van der Waals surface area contributed by atoms with E-state index in [2.05, 4.69) is 42.1 Å². The summed E-state index contributed by atoms with van der Waals surface area (Å²) in [6.07, 6.45) is -8.50. The van der Waals surface area contributed by atoms with Crippen LogP contribution in [0.5, 0.6) is 17.2 Å². The molecule has 2 aromatic heterocycles. The summed E-state index contributed by atoms with van der Waals surface area (Å²) >= 11 is 5.98. The van der Waals surface area contributed by atoms with Crippen LogP contribution in [0, 0.1) is 11.6 Å². The number of benzene rings is 4. The van der Waals surface area contributed by atoms with E-state index in [9.17, 15) is 49.8 Å². The van der Waals surface area contributed by atoms with E-state index >= 15 is 0 Å². The molecule has 314 valence electrons. The quantitative estimate of drug-likeness (QED) is 0.166. The van der Waals surface area contributed by atoms with Gasteiger partial charge >= 0.3 is 12.4 Å². The van der Waals surface area contributed by atoms with E-state index in [1.54, 1.807) is 13.8 Å². The van der Waals surface area contributed by atoms with E-state index in [1.165, 1.54) is 6.07 Å². The number of alkyl halides is 6. The molecule has 0 saturated carbocycles. The second-order valence-corrected chi connectivity index (χ2v) is 14.0. The van der Waals surface area contributed by atoms with Gasteiger partial charge in [0.15, 0.2) is 0 Å². The summed E-state index contributed by atoms with van der Waals surface area (Å²) < 4.78 is 115. The monoisotopic (exact) mass is 960 g/mol. The molecule has 4 aromatic carbocycles. The van der Waals surface area contributed by atoms with Gasteiger partial charge in [0.05, 0.1) is 44.7 Å².